The van der Waals surface area contributed by atoms with Gasteiger partial charge in [-0.1, -0.05) is 231 Å². The van der Waals surface area contributed by atoms with Gasteiger partial charge in [0, 0.05) is 31.3 Å². The number of hydrogen-bond acceptors (Lipinski definition) is 1. The Kier molecular flexibility index (Phi) is 10.5. The van der Waals surface area contributed by atoms with Gasteiger partial charge in [0.2, 0.25) is 0 Å². The van der Waals surface area contributed by atoms with Crippen molar-refractivity contribution in [3.05, 3.63) is 279 Å². The lowest BCUT2D eigenvalue weighted by atomic mass is 9.84. The summed E-state index contributed by atoms with van der Waals surface area (Å²) in [7, 11) is 0. The van der Waals surface area contributed by atoms with E-state index in [2.05, 4.69) is 279 Å². The quantitative estimate of drug-likeness (QED) is 0.133. The van der Waals surface area contributed by atoms with Crippen LogP contribution in [0.1, 0.15) is 0 Å². The molecule has 0 saturated carbocycles. The zero-order valence-electron chi connectivity index (χ0n) is 40.0. The van der Waals surface area contributed by atoms with E-state index in [1.165, 1.54) is 142 Å². The number of benzene rings is 13. The Morgan fingerprint density at radius 2 is 0.562 bits per heavy atom. The molecule has 0 N–H and O–H groups in total. The molecule has 0 aliphatic rings. The molecule has 0 amide bonds. The van der Waals surface area contributed by atoms with Crippen LogP contribution in [0.5, 0.6) is 0 Å². The molecule has 0 saturated heterocycles. The maximum absolute atomic E-state index is 2.46. The molecule has 14 rings (SSSR count). The Hall–Kier alpha value is -9.14. The van der Waals surface area contributed by atoms with Gasteiger partial charge in [-0.15, -0.1) is 11.3 Å². The molecule has 14 aromatic rings. The highest BCUT2D eigenvalue weighted by Crippen LogP contribution is 2.49. The molecule has 0 atom stereocenters. The Morgan fingerprint density at radius 1 is 0.178 bits per heavy atom. The number of rotatable bonds is 8. The van der Waals surface area contributed by atoms with Crippen molar-refractivity contribution in [2.24, 2.45) is 0 Å². The highest BCUT2D eigenvalue weighted by molar-refractivity contribution is 7.27. The van der Waals surface area contributed by atoms with Crippen molar-refractivity contribution >= 4 is 63.8 Å². The van der Waals surface area contributed by atoms with Gasteiger partial charge in [0.15, 0.2) is 0 Å². The van der Waals surface area contributed by atoms with Gasteiger partial charge in [0.1, 0.15) is 0 Å². The van der Waals surface area contributed by atoms with E-state index >= 15 is 0 Å². The second-order valence-electron chi connectivity index (χ2n) is 19.1. The first-order chi connectivity index (χ1) is 36.2. The third kappa shape index (κ3) is 7.61. The third-order valence-corrected chi connectivity index (χ3v) is 16.1. The molecular weight excluding hydrogens is 897 g/mol. The first-order valence-electron chi connectivity index (χ1n) is 25.1. The smallest absolute Gasteiger partial charge is 0.0434 e. The predicted molar refractivity (Wildman–Crippen MR) is 315 cm³/mol. The van der Waals surface area contributed by atoms with E-state index in [0.717, 1.165) is 0 Å². The average Bonchev–Trinajstić information content (AvgIpc) is 3.85. The molecule has 1 heterocycles. The Balaban J connectivity index is 0.994. The van der Waals surface area contributed by atoms with Crippen LogP contribution < -0.4 is 0 Å². The molecule has 0 bridgehead atoms. The van der Waals surface area contributed by atoms with Gasteiger partial charge in [-0.2, -0.15) is 0 Å². The van der Waals surface area contributed by atoms with Crippen LogP contribution in [0.3, 0.4) is 0 Å². The highest BCUT2D eigenvalue weighted by atomic mass is 32.1. The van der Waals surface area contributed by atoms with Crippen molar-refractivity contribution in [3.63, 3.8) is 0 Å². The van der Waals surface area contributed by atoms with Crippen molar-refractivity contribution in [2.75, 3.05) is 0 Å². The molecule has 0 unspecified atom stereocenters. The van der Waals surface area contributed by atoms with Gasteiger partial charge >= 0.3 is 0 Å². The Bertz CT molecular complexity index is 4400. The fourth-order valence-electron chi connectivity index (χ4n) is 11.3. The van der Waals surface area contributed by atoms with E-state index in [-0.39, 0.29) is 0 Å². The van der Waals surface area contributed by atoms with Gasteiger partial charge < -0.3 is 0 Å². The van der Waals surface area contributed by atoms with Crippen molar-refractivity contribution < 1.29 is 0 Å². The summed E-state index contributed by atoms with van der Waals surface area (Å²) in [5.74, 6) is 0. The SMILES string of the molecule is c1ccc(-c2cccc(-c3cc(-c4ccccc4)c4sc5c(-c6ccc7ccccc7c6)cc(-c6cccc(-c7ccc8c(-c9ccccc9)c9ccccc9c(-c9ccccc9)c8c7)c6)cc5c4c3)c2)cc1. The van der Waals surface area contributed by atoms with E-state index in [1.54, 1.807) is 0 Å². The standard InChI is InChI=1S/C72H46S/c1-5-19-47(20-6-1)53-29-17-31-55(39-53)59-43-64(49-22-7-2-8-23-49)71-67(45-59)68-46-60(44-65(72(68)73-71)58-36-35-48-21-13-14-28-52(48)41-58)56-32-18-30-54(40-56)57-37-38-63-66(42-57)70(51-26-11-4-12-27-51)62-34-16-15-33-61(62)69(63)50-24-9-3-10-25-50/h1-46H. The summed E-state index contributed by atoms with van der Waals surface area (Å²) in [6.07, 6.45) is 0. The van der Waals surface area contributed by atoms with Crippen LogP contribution in [0.2, 0.25) is 0 Å². The summed E-state index contributed by atoms with van der Waals surface area (Å²) in [5.41, 5.74) is 19.5. The summed E-state index contributed by atoms with van der Waals surface area (Å²) in [5, 5.41) is 10.0. The molecule has 13 aromatic carbocycles. The first kappa shape index (κ1) is 42.7. The topological polar surface area (TPSA) is 0 Å². The molecule has 1 heteroatoms. The van der Waals surface area contributed by atoms with Crippen LogP contribution in [0.25, 0.3) is 142 Å². The van der Waals surface area contributed by atoms with E-state index in [9.17, 15) is 0 Å². The van der Waals surface area contributed by atoms with Crippen molar-refractivity contribution in [1.82, 2.24) is 0 Å². The molecule has 0 aliphatic carbocycles. The second-order valence-corrected chi connectivity index (χ2v) is 20.2. The van der Waals surface area contributed by atoms with Crippen molar-refractivity contribution in [2.45, 2.75) is 0 Å². The van der Waals surface area contributed by atoms with E-state index in [1.807, 2.05) is 11.3 Å². The van der Waals surface area contributed by atoms with Crippen molar-refractivity contribution in [1.29, 1.82) is 0 Å². The van der Waals surface area contributed by atoms with Gasteiger partial charge in [-0.3, -0.25) is 0 Å². The summed E-state index contributed by atoms with van der Waals surface area (Å²) in [6.45, 7) is 0. The molecule has 1 aromatic heterocycles. The molecule has 73 heavy (non-hydrogen) atoms. The number of fused-ring (bicyclic) bond motifs is 6. The van der Waals surface area contributed by atoms with Crippen molar-refractivity contribution in [3.8, 4) is 89.0 Å². The number of thiophene rings is 1. The first-order valence-corrected chi connectivity index (χ1v) is 26.0. The molecule has 0 radical (unpaired) electrons. The summed E-state index contributed by atoms with van der Waals surface area (Å²) < 4.78 is 2.59. The fraction of sp³-hybridized carbons (Fsp3) is 0. The Labute approximate surface area is 429 Å². The highest BCUT2D eigenvalue weighted by Gasteiger charge is 2.21. The molecule has 340 valence electrons. The molecule has 0 spiro atoms. The van der Waals surface area contributed by atoms with Crippen LogP contribution in [0.15, 0.2) is 279 Å². The summed E-state index contributed by atoms with van der Waals surface area (Å²) >= 11 is 1.92. The normalized spacial score (nSPS) is 11.6. The lowest BCUT2D eigenvalue weighted by molar-refractivity contribution is 1.60. The predicted octanol–water partition coefficient (Wildman–Crippen LogP) is 20.9. The monoisotopic (exact) mass is 942 g/mol. The van der Waals surface area contributed by atoms with Crippen LogP contribution in [-0.2, 0) is 0 Å². The third-order valence-electron chi connectivity index (χ3n) is 14.8. The van der Waals surface area contributed by atoms with Gasteiger partial charge in [0.05, 0.1) is 0 Å². The zero-order valence-corrected chi connectivity index (χ0v) is 40.8. The van der Waals surface area contributed by atoms with Crippen LogP contribution in [0, 0.1) is 0 Å². The largest absolute Gasteiger partial charge is 0.134 e. The maximum atomic E-state index is 2.46. The van der Waals surface area contributed by atoms with Gasteiger partial charge in [-0.25, -0.2) is 0 Å². The Morgan fingerprint density at radius 3 is 1.14 bits per heavy atom. The van der Waals surface area contributed by atoms with Gasteiger partial charge in [-0.05, 0) is 159 Å². The average molecular weight is 943 g/mol. The lowest BCUT2D eigenvalue weighted by Gasteiger charge is -2.19. The lowest BCUT2D eigenvalue weighted by Crippen LogP contribution is -1.91. The molecular formula is C72H46S. The van der Waals surface area contributed by atoms with E-state index < -0.39 is 0 Å². The minimum absolute atomic E-state index is 1.18. The minimum atomic E-state index is 1.18. The van der Waals surface area contributed by atoms with E-state index in [0.29, 0.717) is 0 Å². The summed E-state index contributed by atoms with van der Waals surface area (Å²) in [4.78, 5) is 0. The van der Waals surface area contributed by atoms with Crippen LogP contribution in [0.4, 0.5) is 0 Å². The molecule has 0 nitrogen and oxygen atoms in total. The molecule has 0 fully saturated rings. The van der Waals surface area contributed by atoms with E-state index in [4.69, 9.17) is 0 Å². The van der Waals surface area contributed by atoms with Crippen LogP contribution >= 0.6 is 11.3 Å². The zero-order chi connectivity index (χ0) is 48.2. The van der Waals surface area contributed by atoms with Crippen LogP contribution in [-0.4, -0.2) is 0 Å². The maximum Gasteiger partial charge on any atom is 0.0434 e. The fourth-order valence-corrected chi connectivity index (χ4v) is 12.6. The molecule has 0 aliphatic heterocycles. The minimum Gasteiger partial charge on any atom is -0.134 e. The number of hydrogen-bond donors (Lipinski definition) is 0. The second kappa shape index (κ2) is 17.9. The van der Waals surface area contributed by atoms with Gasteiger partial charge in [0.25, 0.3) is 0 Å². The summed E-state index contributed by atoms with van der Waals surface area (Å²) in [6, 6.07) is 103.